The topological polar surface area (TPSA) is 20.3 Å². The van der Waals surface area contributed by atoms with Gasteiger partial charge in [0, 0.05) is 12.6 Å². The summed E-state index contributed by atoms with van der Waals surface area (Å²) in [6, 6.07) is 0.312. The van der Waals surface area contributed by atoms with Crippen LogP contribution in [-0.4, -0.2) is 16.8 Å². The van der Waals surface area contributed by atoms with Crippen LogP contribution in [0.3, 0.4) is 0 Å². The van der Waals surface area contributed by atoms with E-state index in [1.54, 1.807) is 11.3 Å². The second-order valence-electron chi connectivity index (χ2n) is 3.75. The molecule has 0 fully saturated rings. The van der Waals surface area contributed by atoms with Crippen LogP contribution >= 0.6 is 11.3 Å². The van der Waals surface area contributed by atoms with E-state index in [0.717, 1.165) is 11.4 Å². The van der Waals surface area contributed by atoms with Crippen LogP contribution in [0.1, 0.15) is 34.6 Å². The van der Waals surface area contributed by atoms with Crippen molar-refractivity contribution in [1.82, 2.24) is 4.90 Å². The normalized spacial score (nSPS) is 15.7. The number of hydrogen-bond donors (Lipinski definition) is 0. The lowest BCUT2D eigenvalue weighted by molar-refractivity contribution is 0.0734. The van der Waals surface area contributed by atoms with E-state index in [1.807, 2.05) is 4.90 Å². The Kier molecular flexibility index (Phi) is 1.91. The standard InChI is InChI=1S/C10H13NOS/c1-6(2)11-4-8-7(3)5-13-9(8)10(11)12/h5-6H,4H2,1-3H3. The summed E-state index contributed by atoms with van der Waals surface area (Å²) in [7, 11) is 0. The van der Waals surface area contributed by atoms with Crippen LogP contribution < -0.4 is 0 Å². The van der Waals surface area contributed by atoms with Gasteiger partial charge in [-0.05, 0) is 37.3 Å². The largest absolute Gasteiger partial charge is 0.331 e. The van der Waals surface area contributed by atoms with Crippen LogP contribution in [0.25, 0.3) is 0 Å². The number of hydrogen-bond acceptors (Lipinski definition) is 2. The molecule has 13 heavy (non-hydrogen) atoms. The van der Waals surface area contributed by atoms with Crippen molar-refractivity contribution in [3.05, 3.63) is 21.4 Å². The van der Waals surface area contributed by atoms with Crippen molar-refractivity contribution >= 4 is 17.2 Å². The van der Waals surface area contributed by atoms with Crippen molar-refractivity contribution in [3.8, 4) is 0 Å². The van der Waals surface area contributed by atoms with Gasteiger partial charge in [-0.3, -0.25) is 4.79 Å². The predicted molar refractivity (Wildman–Crippen MR) is 54.1 cm³/mol. The van der Waals surface area contributed by atoms with Crippen LogP contribution in [0.5, 0.6) is 0 Å². The Balaban J connectivity index is 2.38. The van der Waals surface area contributed by atoms with Crippen molar-refractivity contribution in [1.29, 1.82) is 0 Å². The lowest BCUT2D eigenvalue weighted by atomic mass is 10.2. The van der Waals surface area contributed by atoms with Crippen LogP contribution in [-0.2, 0) is 6.54 Å². The summed E-state index contributed by atoms with van der Waals surface area (Å²) in [5, 5.41) is 2.07. The minimum absolute atomic E-state index is 0.211. The Bertz CT molecular complexity index is 354. The molecule has 2 rings (SSSR count). The van der Waals surface area contributed by atoms with Crippen LogP contribution in [0.4, 0.5) is 0 Å². The highest BCUT2D eigenvalue weighted by molar-refractivity contribution is 7.12. The zero-order valence-corrected chi connectivity index (χ0v) is 8.94. The fourth-order valence-corrected chi connectivity index (χ4v) is 2.66. The van der Waals surface area contributed by atoms with E-state index in [9.17, 15) is 4.79 Å². The molecule has 0 unspecified atom stereocenters. The van der Waals surface area contributed by atoms with E-state index >= 15 is 0 Å². The highest BCUT2D eigenvalue weighted by Gasteiger charge is 2.31. The van der Waals surface area contributed by atoms with E-state index in [4.69, 9.17) is 0 Å². The van der Waals surface area contributed by atoms with Gasteiger partial charge in [-0.1, -0.05) is 0 Å². The van der Waals surface area contributed by atoms with Gasteiger partial charge in [0.05, 0.1) is 4.88 Å². The predicted octanol–water partition coefficient (Wildman–Crippen LogP) is 2.42. The number of carbonyl (C=O) groups is 1. The average Bonchev–Trinajstić information content (AvgIpc) is 2.55. The fourth-order valence-electron chi connectivity index (χ4n) is 1.63. The van der Waals surface area contributed by atoms with E-state index in [1.165, 1.54) is 11.1 Å². The Morgan fingerprint density at radius 1 is 1.54 bits per heavy atom. The molecule has 2 heterocycles. The third-order valence-electron chi connectivity index (χ3n) is 2.51. The highest BCUT2D eigenvalue weighted by Crippen LogP contribution is 2.31. The third kappa shape index (κ3) is 1.18. The summed E-state index contributed by atoms with van der Waals surface area (Å²) in [6.45, 7) is 7.00. The molecule has 1 aromatic heterocycles. The molecule has 1 aliphatic heterocycles. The molecule has 0 bridgehead atoms. The molecule has 0 aliphatic carbocycles. The smallest absolute Gasteiger partial charge is 0.264 e. The average molecular weight is 195 g/mol. The number of rotatable bonds is 1. The van der Waals surface area contributed by atoms with Crippen LogP contribution in [0, 0.1) is 6.92 Å². The molecule has 0 saturated heterocycles. The van der Waals surface area contributed by atoms with Crippen LogP contribution in [0.2, 0.25) is 0 Å². The Hall–Kier alpha value is -0.830. The van der Waals surface area contributed by atoms with Gasteiger partial charge < -0.3 is 4.90 Å². The minimum Gasteiger partial charge on any atom is -0.331 e. The fraction of sp³-hybridized carbons (Fsp3) is 0.500. The molecule has 1 amide bonds. The summed E-state index contributed by atoms with van der Waals surface area (Å²) in [4.78, 5) is 14.7. The lowest BCUT2D eigenvalue weighted by Crippen LogP contribution is -2.30. The minimum atomic E-state index is 0.211. The maximum atomic E-state index is 11.8. The lowest BCUT2D eigenvalue weighted by Gasteiger charge is -2.20. The maximum absolute atomic E-state index is 11.8. The van der Waals surface area contributed by atoms with Crippen molar-refractivity contribution in [2.45, 2.75) is 33.4 Å². The van der Waals surface area contributed by atoms with Gasteiger partial charge in [0.1, 0.15) is 0 Å². The summed E-state index contributed by atoms with van der Waals surface area (Å²) < 4.78 is 0. The van der Waals surface area contributed by atoms with Gasteiger partial charge in [-0.15, -0.1) is 11.3 Å². The molecule has 0 atom stereocenters. The van der Waals surface area contributed by atoms with E-state index < -0.39 is 0 Å². The molecule has 0 spiro atoms. The number of amides is 1. The molecule has 0 N–H and O–H groups in total. The van der Waals surface area contributed by atoms with Crippen molar-refractivity contribution in [3.63, 3.8) is 0 Å². The van der Waals surface area contributed by atoms with Gasteiger partial charge in [0.2, 0.25) is 0 Å². The molecule has 0 aromatic carbocycles. The Morgan fingerprint density at radius 3 is 2.77 bits per heavy atom. The molecular weight excluding hydrogens is 182 g/mol. The molecule has 1 aromatic rings. The van der Waals surface area contributed by atoms with Gasteiger partial charge >= 0.3 is 0 Å². The summed E-state index contributed by atoms with van der Waals surface area (Å²) in [5.41, 5.74) is 2.50. The molecular formula is C10H13NOS. The molecule has 2 nitrogen and oxygen atoms in total. The first-order valence-corrected chi connectivity index (χ1v) is 5.37. The second kappa shape index (κ2) is 2.84. The molecule has 70 valence electrons. The summed E-state index contributed by atoms with van der Waals surface area (Å²) in [6.07, 6.45) is 0. The third-order valence-corrected chi connectivity index (χ3v) is 3.64. The maximum Gasteiger partial charge on any atom is 0.264 e. The van der Waals surface area contributed by atoms with Crippen molar-refractivity contribution < 1.29 is 4.79 Å². The van der Waals surface area contributed by atoms with Gasteiger partial charge in [0.25, 0.3) is 5.91 Å². The van der Waals surface area contributed by atoms with Gasteiger partial charge in [-0.2, -0.15) is 0 Å². The van der Waals surface area contributed by atoms with Crippen molar-refractivity contribution in [2.75, 3.05) is 0 Å². The van der Waals surface area contributed by atoms with E-state index in [2.05, 4.69) is 26.2 Å². The molecule has 1 aliphatic rings. The molecule has 0 saturated carbocycles. The van der Waals surface area contributed by atoms with Crippen LogP contribution in [0.15, 0.2) is 5.38 Å². The van der Waals surface area contributed by atoms with E-state index in [-0.39, 0.29) is 5.91 Å². The zero-order chi connectivity index (χ0) is 9.59. The molecule has 3 heteroatoms. The van der Waals surface area contributed by atoms with Gasteiger partial charge in [-0.25, -0.2) is 0 Å². The number of fused-ring (bicyclic) bond motifs is 1. The van der Waals surface area contributed by atoms with Gasteiger partial charge in [0.15, 0.2) is 0 Å². The highest BCUT2D eigenvalue weighted by atomic mass is 32.1. The number of carbonyl (C=O) groups excluding carboxylic acids is 1. The first-order chi connectivity index (χ1) is 6.11. The van der Waals surface area contributed by atoms with Crippen molar-refractivity contribution in [2.24, 2.45) is 0 Å². The Morgan fingerprint density at radius 2 is 2.23 bits per heavy atom. The molecule has 0 radical (unpaired) electrons. The summed E-state index contributed by atoms with van der Waals surface area (Å²) in [5.74, 6) is 0.211. The second-order valence-corrected chi connectivity index (χ2v) is 4.63. The SMILES string of the molecule is Cc1csc2c1CN(C(C)C)C2=O. The zero-order valence-electron chi connectivity index (χ0n) is 8.13. The van der Waals surface area contributed by atoms with E-state index in [0.29, 0.717) is 6.04 Å². The summed E-state index contributed by atoms with van der Waals surface area (Å²) >= 11 is 1.58. The number of thiophene rings is 1. The monoisotopic (exact) mass is 195 g/mol. The first kappa shape index (κ1) is 8.75. The first-order valence-electron chi connectivity index (χ1n) is 4.49. The number of aryl methyl sites for hydroxylation is 1. The number of nitrogens with zero attached hydrogens (tertiary/aromatic N) is 1. The Labute approximate surface area is 82.2 Å². The quantitative estimate of drug-likeness (QED) is 0.674.